The maximum Gasteiger partial charge on any atom is 0.252 e. The molecule has 0 radical (unpaired) electrons. The average molecular weight is 320 g/mol. The SMILES string of the molecule is O=C(NCCN1CCOCC1)c1ccc(N2CCOCC2)nc1. The second-order valence-electron chi connectivity index (χ2n) is 5.71. The van der Waals surface area contributed by atoms with Crippen molar-refractivity contribution in [3.8, 4) is 0 Å². The molecule has 2 aliphatic heterocycles. The molecule has 23 heavy (non-hydrogen) atoms. The Kier molecular flexibility index (Phi) is 5.79. The van der Waals surface area contributed by atoms with Crippen LogP contribution in [0, 0.1) is 0 Å². The van der Waals surface area contributed by atoms with E-state index in [2.05, 4.69) is 20.1 Å². The maximum absolute atomic E-state index is 12.1. The summed E-state index contributed by atoms with van der Waals surface area (Å²) < 4.78 is 10.6. The van der Waals surface area contributed by atoms with Crippen LogP contribution in [-0.4, -0.2) is 81.5 Å². The molecule has 1 amide bonds. The van der Waals surface area contributed by atoms with E-state index in [1.807, 2.05) is 12.1 Å². The van der Waals surface area contributed by atoms with Crippen LogP contribution in [0.5, 0.6) is 0 Å². The third-order valence-electron chi connectivity index (χ3n) is 4.16. The lowest BCUT2D eigenvalue weighted by Gasteiger charge is -2.27. The molecule has 7 nitrogen and oxygen atoms in total. The third-order valence-corrected chi connectivity index (χ3v) is 4.16. The lowest BCUT2D eigenvalue weighted by atomic mass is 10.2. The van der Waals surface area contributed by atoms with Crippen LogP contribution in [0.4, 0.5) is 5.82 Å². The van der Waals surface area contributed by atoms with E-state index in [0.717, 1.165) is 65.0 Å². The van der Waals surface area contributed by atoms with E-state index in [1.54, 1.807) is 6.20 Å². The molecule has 2 aliphatic rings. The van der Waals surface area contributed by atoms with Gasteiger partial charge in [-0.15, -0.1) is 0 Å². The Morgan fingerprint density at radius 1 is 1.09 bits per heavy atom. The van der Waals surface area contributed by atoms with Crippen LogP contribution in [0.15, 0.2) is 18.3 Å². The summed E-state index contributed by atoms with van der Waals surface area (Å²) in [5.74, 6) is 0.831. The number of rotatable bonds is 5. The van der Waals surface area contributed by atoms with Crippen molar-refractivity contribution in [2.45, 2.75) is 0 Å². The number of pyridine rings is 1. The summed E-state index contributed by atoms with van der Waals surface area (Å²) in [6, 6.07) is 3.74. The number of carbonyl (C=O) groups is 1. The molecule has 2 fully saturated rings. The normalized spacial score (nSPS) is 19.6. The lowest BCUT2D eigenvalue weighted by molar-refractivity contribution is 0.0383. The minimum absolute atomic E-state index is 0.0701. The standard InChI is InChI=1S/C16H24N4O3/c21-16(17-3-4-19-5-9-22-10-6-19)14-1-2-15(18-13-14)20-7-11-23-12-8-20/h1-2,13H,3-12H2,(H,17,21). The second-order valence-corrected chi connectivity index (χ2v) is 5.71. The van der Waals surface area contributed by atoms with Crippen LogP contribution in [0.3, 0.4) is 0 Å². The van der Waals surface area contributed by atoms with E-state index < -0.39 is 0 Å². The van der Waals surface area contributed by atoms with Crippen molar-refractivity contribution in [2.75, 3.05) is 70.6 Å². The van der Waals surface area contributed by atoms with Gasteiger partial charge in [-0.25, -0.2) is 4.98 Å². The molecule has 1 aromatic rings. The summed E-state index contributed by atoms with van der Waals surface area (Å²) in [7, 11) is 0. The zero-order valence-electron chi connectivity index (χ0n) is 13.4. The Morgan fingerprint density at radius 3 is 2.43 bits per heavy atom. The van der Waals surface area contributed by atoms with E-state index in [1.165, 1.54) is 0 Å². The number of hydrogen-bond acceptors (Lipinski definition) is 6. The van der Waals surface area contributed by atoms with Gasteiger partial charge in [0.25, 0.3) is 5.91 Å². The predicted molar refractivity (Wildman–Crippen MR) is 86.9 cm³/mol. The lowest BCUT2D eigenvalue weighted by Crippen LogP contribution is -2.41. The van der Waals surface area contributed by atoms with Gasteiger partial charge in [0.15, 0.2) is 0 Å². The zero-order chi connectivity index (χ0) is 15.9. The number of morpholine rings is 2. The maximum atomic E-state index is 12.1. The highest BCUT2D eigenvalue weighted by molar-refractivity contribution is 5.94. The highest BCUT2D eigenvalue weighted by Crippen LogP contribution is 2.12. The van der Waals surface area contributed by atoms with Crippen LogP contribution < -0.4 is 10.2 Å². The molecule has 7 heteroatoms. The Balaban J connectivity index is 1.45. The molecule has 0 spiro atoms. The van der Waals surface area contributed by atoms with E-state index in [9.17, 15) is 4.79 Å². The molecule has 2 saturated heterocycles. The van der Waals surface area contributed by atoms with Gasteiger partial charge in [-0.05, 0) is 12.1 Å². The molecule has 126 valence electrons. The van der Waals surface area contributed by atoms with Crippen LogP contribution in [0.1, 0.15) is 10.4 Å². The highest BCUT2D eigenvalue weighted by atomic mass is 16.5. The first-order valence-electron chi connectivity index (χ1n) is 8.20. The van der Waals surface area contributed by atoms with Gasteiger partial charge >= 0.3 is 0 Å². The molecule has 0 aromatic carbocycles. The quantitative estimate of drug-likeness (QED) is 0.822. The molecule has 0 saturated carbocycles. The summed E-state index contributed by atoms with van der Waals surface area (Å²) in [4.78, 5) is 21.0. The topological polar surface area (TPSA) is 66.9 Å². The largest absolute Gasteiger partial charge is 0.379 e. The average Bonchev–Trinajstić information content (AvgIpc) is 2.63. The fraction of sp³-hybridized carbons (Fsp3) is 0.625. The molecule has 0 bridgehead atoms. The molecule has 1 aromatic heterocycles. The fourth-order valence-corrected chi connectivity index (χ4v) is 2.75. The van der Waals surface area contributed by atoms with Gasteiger partial charge in [0.2, 0.25) is 0 Å². The molecule has 1 N–H and O–H groups in total. The van der Waals surface area contributed by atoms with Crippen molar-refractivity contribution in [2.24, 2.45) is 0 Å². The minimum Gasteiger partial charge on any atom is -0.379 e. The second kappa shape index (κ2) is 8.24. The molecule has 3 rings (SSSR count). The first kappa shape index (κ1) is 16.2. The van der Waals surface area contributed by atoms with Gasteiger partial charge in [-0.2, -0.15) is 0 Å². The number of nitrogens with zero attached hydrogens (tertiary/aromatic N) is 3. The first-order valence-corrected chi connectivity index (χ1v) is 8.20. The monoisotopic (exact) mass is 320 g/mol. The van der Waals surface area contributed by atoms with Crippen LogP contribution in [-0.2, 0) is 9.47 Å². The zero-order valence-corrected chi connectivity index (χ0v) is 13.4. The van der Waals surface area contributed by atoms with Gasteiger partial charge in [0.05, 0.1) is 32.0 Å². The Hall–Kier alpha value is -1.70. The number of anilines is 1. The summed E-state index contributed by atoms with van der Waals surface area (Å²) in [6.07, 6.45) is 1.65. The summed E-state index contributed by atoms with van der Waals surface area (Å²) in [5, 5.41) is 2.95. The number of carbonyl (C=O) groups excluding carboxylic acids is 1. The molecule has 0 atom stereocenters. The Bertz CT molecular complexity index is 497. The van der Waals surface area contributed by atoms with Gasteiger partial charge in [-0.3, -0.25) is 9.69 Å². The van der Waals surface area contributed by atoms with Gasteiger partial charge in [0.1, 0.15) is 5.82 Å². The summed E-state index contributed by atoms with van der Waals surface area (Å²) in [6.45, 7) is 8.07. The van der Waals surface area contributed by atoms with Crippen molar-refractivity contribution in [1.29, 1.82) is 0 Å². The van der Waals surface area contributed by atoms with Gasteiger partial charge in [-0.1, -0.05) is 0 Å². The van der Waals surface area contributed by atoms with Crippen molar-refractivity contribution in [1.82, 2.24) is 15.2 Å². The third kappa shape index (κ3) is 4.63. The fourth-order valence-electron chi connectivity index (χ4n) is 2.75. The van der Waals surface area contributed by atoms with Crippen molar-refractivity contribution >= 4 is 11.7 Å². The first-order chi connectivity index (χ1) is 11.3. The number of aromatic nitrogens is 1. The van der Waals surface area contributed by atoms with Crippen molar-refractivity contribution in [3.05, 3.63) is 23.9 Å². The number of amides is 1. The Labute approximate surface area is 136 Å². The van der Waals surface area contributed by atoms with Crippen molar-refractivity contribution < 1.29 is 14.3 Å². The summed E-state index contributed by atoms with van der Waals surface area (Å²) in [5.41, 5.74) is 0.601. The predicted octanol–water partition coefficient (Wildman–Crippen LogP) is -0.0198. The van der Waals surface area contributed by atoms with Crippen LogP contribution in [0.25, 0.3) is 0 Å². The molecule has 0 aliphatic carbocycles. The molecule has 0 unspecified atom stereocenters. The molecular formula is C16H24N4O3. The van der Waals surface area contributed by atoms with Crippen molar-refractivity contribution in [3.63, 3.8) is 0 Å². The van der Waals surface area contributed by atoms with E-state index in [4.69, 9.17) is 9.47 Å². The Morgan fingerprint density at radius 2 is 1.78 bits per heavy atom. The van der Waals surface area contributed by atoms with Gasteiger partial charge < -0.3 is 19.7 Å². The molecule has 3 heterocycles. The smallest absolute Gasteiger partial charge is 0.252 e. The van der Waals surface area contributed by atoms with E-state index in [-0.39, 0.29) is 5.91 Å². The number of ether oxygens (including phenoxy) is 2. The van der Waals surface area contributed by atoms with Crippen LogP contribution in [0.2, 0.25) is 0 Å². The van der Waals surface area contributed by atoms with E-state index >= 15 is 0 Å². The minimum atomic E-state index is -0.0701. The number of hydrogen-bond donors (Lipinski definition) is 1. The van der Waals surface area contributed by atoms with Gasteiger partial charge in [0, 0.05) is 45.5 Å². The summed E-state index contributed by atoms with van der Waals surface area (Å²) >= 11 is 0. The highest BCUT2D eigenvalue weighted by Gasteiger charge is 2.14. The number of nitrogens with one attached hydrogen (secondary N) is 1. The van der Waals surface area contributed by atoms with Crippen LogP contribution >= 0.6 is 0 Å². The molecular weight excluding hydrogens is 296 g/mol. The van der Waals surface area contributed by atoms with E-state index in [0.29, 0.717) is 12.1 Å².